The van der Waals surface area contributed by atoms with Gasteiger partial charge in [-0.05, 0) is 24.1 Å². The number of rotatable bonds is 4. The van der Waals surface area contributed by atoms with E-state index >= 15 is 0 Å². The summed E-state index contributed by atoms with van der Waals surface area (Å²) in [6.07, 6.45) is 0. The third kappa shape index (κ3) is 3.22. The van der Waals surface area contributed by atoms with Crippen molar-refractivity contribution in [3.8, 4) is 6.07 Å². The van der Waals surface area contributed by atoms with Crippen molar-refractivity contribution >= 4 is 38.6 Å². The van der Waals surface area contributed by atoms with Gasteiger partial charge in [-0.15, -0.1) is 0 Å². The van der Waals surface area contributed by atoms with Crippen molar-refractivity contribution < 1.29 is 0 Å². The highest BCUT2D eigenvalue weighted by Crippen LogP contribution is 2.21. The first-order valence-electron chi connectivity index (χ1n) is 6.22. The van der Waals surface area contributed by atoms with Crippen LogP contribution in [0.1, 0.15) is 13.8 Å². The number of nitriles is 1. The summed E-state index contributed by atoms with van der Waals surface area (Å²) in [6.45, 7) is 4.70. The summed E-state index contributed by atoms with van der Waals surface area (Å²) in [6, 6.07) is 7.54. The summed E-state index contributed by atoms with van der Waals surface area (Å²) in [5.41, 5.74) is 0.615. The van der Waals surface area contributed by atoms with Gasteiger partial charge in [0.1, 0.15) is 0 Å². The maximum atomic E-state index is 12.6. The van der Waals surface area contributed by atoms with Crippen molar-refractivity contribution in [3.05, 3.63) is 33.0 Å². The molecule has 6 heteroatoms. The Morgan fingerprint density at radius 3 is 2.90 bits per heavy atom. The van der Waals surface area contributed by atoms with E-state index in [4.69, 9.17) is 5.26 Å². The third-order valence-electron chi connectivity index (χ3n) is 2.69. The zero-order chi connectivity index (χ0) is 14.7. The van der Waals surface area contributed by atoms with E-state index in [2.05, 4.69) is 40.8 Å². The van der Waals surface area contributed by atoms with E-state index in [1.165, 1.54) is 11.8 Å². The number of hydrogen-bond donors (Lipinski definition) is 0. The lowest BCUT2D eigenvalue weighted by Crippen LogP contribution is -2.25. The number of hydrogen-bond acceptors (Lipinski definition) is 4. The minimum atomic E-state index is -0.0505. The Labute approximate surface area is 129 Å². The minimum absolute atomic E-state index is 0.0505. The predicted octanol–water partition coefficient (Wildman–Crippen LogP) is 3.43. The fourth-order valence-corrected chi connectivity index (χ4v) is 2.94. The second kappa shape index (κ2) is 6.42. The quantitative estimate of drug-likeness (QED) is 0.625. The molecule has 2 aromatic rings. The van der Waals surface area contributed by atoms with Crippen LogP contribution in [0.4, 0.5) is 0 Å². The van der Waals surface area contributed by atoms with Crippen LogP contribution in [0.15, 0.2) is 32.6 Å². The Bertz CT molecular complexity index is 734. The second-order valence-electron chi connectivity index (χ2n) is 4.81. The van der Waals surface area contributed by atoms with Crippen LogP contribution in [0.2, 0.25) is 0 Å². The van der Waals surface area contributed by atoms with Crippen molar-refractivity contribution in [1.29, 1.82) is 5.26 Å². The highest BCUT2D eigenvalue weighted by molar-refractivity contribution is 9.10. The molecule has 2 rings (SSSR count). The molecule has 1 aromatic carbocycles. The molecule has 0 unspecified atom stereocenters. The summed E-state index contributed by atoms with van der Waals surface area (Å²) < 4.78 is 2.53. The molecule has 4 nitrogen and oxygen atoms in total. The molecule has 0 atom stereocenters. The molecule has 0 saturated heterocycles. The number of aromatic nitrogens is 2. The number of halogens is 1. The first-order chi connectivity index (χ1) is 9.52. The van der Waals surface area contributed by atoms with Gasteiger partial charge in [-0.2, -0.15) is 5.26 Å². The van der Waals surface area contributed by atoms with Crippen LogP contribution in [0.3, 0.4) is 0 Å². The summed E-state index contributed by atoms with van der Waals surface area (Å²) in [5, 5.41) is 9.94. The van der Waals surface area contributed by atoms with Gasteiger partial charge >= 0.3 is 0 Å². The highest BCUT2D eigenvalue weighted by atomic mass is 79.9. The molecular formula is C14H14BrN3OS. The topological polar surface area (TPSA) is 58.7 Å². The van der Waals surface area contributed by atoms with Crippen LogP contribution in [0, 0.1) is 17.2 Å². The molecule has 1 heterocycles. The van der Waals surface area contributed by atoms with Crippen LogP contribution in [0.5, 0.6) is 0 Å². The van der Waals surface area contributed by atoms with Crippen molar-refractivity contribution in [2.24, 2.45) is 5.92 Å². The first-order valence-corrected chi connectivity index (χ1v) is 8.00. The first kappa shape index (κ1) is 15.1. The molecular weight excluding hydrogens is 338 g/mol. The number of nitrogens with zero attached hydrogens (tertiary/aromatic N) is 3. The average molecular weight is 352 g/mol. The maximum Gasteiger partial charge on any atom is 0.262 e. The zero-order valence-corrected chi connectivity index (χ0v) is 13.7. The lowest BCUT2D eigenvalue weighted by Gasteiger charge is -2.14. The van der Waals surface area contributed by atoms with Gasteiger partial charge in [0.05, 0.1) is 22.7 Å². The Morgan fingerprint density at radius 1 is 1.50 bits per heavy atom. The molecule has 0 amide bonds. The number of fused-ring (bicyclic) bond motifs is 1. The van der Waals surface area contributed by atoms with Crippen molar-refractivity contribution in [1.82, 2.24) is 9.55 Å². The molecule has 104 valence electrons. The lowest BCUT2D eigenvalue weighted by atomic mass is 10.2. The van der Waals surface area contributed by atoms with Crippen LogP contribution in [-0.2, 0) is 6.54 Å². The van der Waals surface area contributed by atoms with Gasteiger partial charge in [0, 0.05) is 11.0 Å². The summed E-state index contributed by atoms with van der Waals surface area (Å²) in [4.78, 5) is 17.1. The van der Waals surface area contributed by atoms with Gasteiger partial charge in [0.25, 0.3) is 5.56 Å². The van der Waals surface area contributed by atoms with Gasteiger partial charge in [0.2, 0.25) is 0 Å². The smallest absolute Gasteiger partial charge is 0.262 e. The van der Waals surface area contributed by atoms with E-state index < -0.39 is 0 Å². The number of benzene rings is 1. The summed E-state index contributed by atoms with van der Waals surface area (Å²) >= 11 is 4.68. The van der Waals surface area contributed by atoms with Gasteiger partial charge < -0.3 is 0 Å². The molecule has 20 heavy (non-hydrogen) atoms. The van der Waals surface area contributed by atoms with E-state index in [1.807, 2.05) is 12.1 Å². The predicted molar refractivity (Wildman–Crippen MR) is 84.9 cm³/mol. The fourth-order valence-electron chi connectivity index (χ4n) is 1.91. The molecule has 0 bridgehead atoms. The Morgan fingerprint density at radius 2 is 2.25 bits per heavy atom. The van der Waals surface area contributed by atoms with Gasteiger partial charge in [-0.3, -0.25) is 9.36 Å². The molecule has 0 spiro atoms. The fraction of sp³-hybridized carbons (Fsp3) is 0.357. The normalized spacial score (nSPS) is 10.9. The average Bonchev–Trinajstić information content (AvgIpc) is 2.40. The molecule has 0 N–H and O–H groups in total. The molecule has 0 fully saturated rings. The molecule has 0 aliphatic rings. The Balaban J connectivity index is 2.66. The summed E-state index contributed by atoms with van der Waals surface area (Å²) in [7, 11) is 0. The van der Waals surface area contributed by atoms with Crippen molar-refractivity contribution in [3.63, 3.8) is 0 Å². The van der Waals surface area contributed by atoms with Crippen molar-refractivity contribution in [2.45, 2.75) is 25.5 Å². The molecule has 0 aliphatic heterocycles. The molecule has 0 saturated carbocycles. The Hall–Kier alpha value is -1.32. The van der Waals surface area contributed by atoms with E-state index in [-0.39, 0.29) is 11.3 Å². The van der Waals surface area contributed by atoms with E-state index in [0.29, 0.717) is 28.5 Å². The zero-order valence-electron chi connectivity index (χ0n) is 11.3. The van der Waals surface area contributed by atoms with E-state index in [1.54, 1.807) is 10.6 Å². The Kier molecular flexibility index (Phi) is 4.84. The monoisotopic (exact) mass is 351 g/mol. The molecule has 0 aliphatic carbocycles. The van der Waals surface area contributed by atoms with Gasteiger partial charge in [-0.25, -0.2) is 4.98 Å². The summed E-state index contributed by atoms with van der Waals surface area (Å²) in [5.74, 6) is 0.618. The number of thioether (sulfide) groups is 1. The van der Waals surface area contributed by atoms with Crippen LogP contribution < -0.4 is 5.56 Å². The standard InChI is InChI=1S/C14H14BrN3OS/c1-9(2)8-18-13(19)11-7-10(15)3-4-12(11)17-14(18)20-6-5-16/h3-4,7,9H,6,8H2,1-2H3. The van der Waals surface area contributed by atoms with Crippen LogP contribution in [-0.4, -0.2) is 15.3 Å². The third-order valence-corrected chi connectivity index (χ3v) is 4.03. The van der Waals surface area contributed by atoms with Gasteiger partial charge in [-0.1, -0.05) is 41.5 Å². The minimum Gasteiger partial charge on any atom is -0.287 e. The van der Waals surface area contributed by atoms with Crippen LogP contribution in [0.25, 0.3) is 10.9 Å². The maximum absolute atomic E-state index is 12.6. The SMILES string of the molecule is CC(C)Cn1c(SCC#N)nc2ccc(Br)cc2c1=O. The van der Waals surface area contributed by atoms with Gasteiger partial charge in [0.15, 0.2) is 5.16 Å². The molecule has 1 aromatic heterocycles. The largest absolute Gasteiger partial charge is 0.287 e. The molecule has 0 radical (unpaired) electrons. The second-order valence-corrected chi connectivity index (χ2v) is 6.67. The lowest BCUT2D eigenvalue weighted by molar-refractivity contribution is 0.475. The van der Waals surface area contributed by atoms with Crippen molar-refractivity contribution in [2.75, 3.05) is 5.75 Å². The van der Waals surface area contributed by atoms with Crippen LogP contribution >= 0.6 is 27.7 Å². The van der Waals surface area contributed by atoms with E-state index in [9.17, 15) is 4.79 Å². The van der Waals surface area contributed by atoms with E-state index in [0.717, 1.165) is 4.47 Å². The highest BCUT2D eigenvalue weighted by Gasteiger charge is 2.12.